The van der Waals surface area contributed by atoms with Crippen LogP contribution in [0.5, 0.6) is 0 Å². The standard InChI is InChI=1S/C23H24N8O/c24-12-17-4-3-16(10-19(17)25)20-11-21(30-23(26)29-20)31-9-1-2-18(14-31)22(32)28-13-15-5-7-27-8-6-15/h3-8,10-11,18H,1-2,9,13-14,25H2,(H,28,32)(H2,26,29,30)/t18-/m0/s1. The fourth-order valence-corrected chi connectivity index (χ4v) is 3.82. The molecule has 0 radical (unpaired) electrons. The van der Waals surface area contributed by atoms with Crippen LogP contribution in [-0.4, -0.2) is 33.9 Å². The van der Waals surface area contributed by atoms with Crippen molar-refractivity contribution >= 4 is 23.4 Å². The third kappa shape index (κ3) is 4.75. The first kappa shape index (κ1) is 21.1. The number of nitrogens with zero attached hydrogens (tertiary/aromatic N) is 5. The fraction of sp³-hybridized carbons (Fsp3) is 0.261. The summed E-state index contributed by atoms with van der Waals surface area (Å²) in [7, 11) is 0. The average molecular weight is 429 g/mol. The Hall–Kier alpha value is -4.19. The Morgan fingerprint density at radius 2 is 2.00 bits per heavy atom. The number of pyridine rings is 1. The molecule has 0 saturated carbocycles. The maximum Gasteiger partial charge on any atom is 0.225 e. The lowest BCUT2D eigenvalue weighted by molar-refractivity contribution is -0.125. The minimum absolute atomic E-state index is 0.0219. The van der Waals surface area contributed by atoms with Crippen molar-refractivity contribution in [2.75, 3.05) is 29.5 Å². The van der Waals surface area contributed by atoms with Crippen molar-refractivity contribution in [2.45, 2.75) is 19.4 Å². The molecule has 0 aliphatic carbocycles. The normalized spacial score (nSPS) is 15.7. The van der Waals surface area contributed by atoms with E-state index >= 15 is 0 Å². The molecular weight excluding hydrogens is 404 g/mol. The molecule has 3 aromatic rings. The zero-order valence-electron chi connectivity index (χ0n) is 17.5. The maximum atomic E-state index is 12.8. The second kappa shape index (κ2) is 9.31. The number of aromatic nitrogens is 3. The van der Waals surface area contributed by atoms with Gasteiger partial charge < -0.3 is 21.7 Å². The van der Waals surface area contributed by atoms with E-state index in [4.69, 9.17) is 16.7 Å². The molecule has 1 fully saturated rings. The second-order valence-corrected chi connectivity index (χ2v) is 7.74. The Kier molecular flexibility index (Phi) is 6.12. The van der Waals surface area contributed by atoms with Gasteiger partial charge in [0.15, 0.2) is 0 Å². The van der Waals surface area contributed by atoms with Gasteiger partial charge in [-0.2, -0.15) is 10.2 Å². The van der Waals surface area contributed by atoms with Crippen molar-refractivity contribution in [1.82, 2.24) is 20.3 Å². The zero-order chi connectivity index (χ0) is 22.5. The van der Waals surface area contributed by atoms with E-state index in [0.29, 0.717) is 35.9 Å². The van der Waals surface area contributed by atoms with E-state index in [9.17, 15) is 4.79 Å². The van der Waals surface area contributed by atoms with Gasteiger partial charge in [-0.15, -0.1) is 0 Å². The summed E-state index contributed by atoms with van der Waals surface area (Å²) in [4.78, 5) is 27.5. The highest BCUT2D eigenvalue weighted by atomic mass is 16.1. The van der Waals surface area contributed by atoms with Gasteiger partial charge in [0, 0.05) is 43.7 Å². The lowest BCUT2D eigenvalue weighted by atomic mass is 9.97. The third-order valence-corrected chi connectivity index (χ3v) is 5.53. The van der Waals surface area contributed by atoms with Crippen LogP contribution >= 0.6 is 0 Å². The number of carbonyl (C=O) groups is 1. The first-order valence-electron chi connectivity index (χ1n) is 10.4. The summed E-state index contributed by atoms with van der Waals surface area (Å²) in [6.07, 6.45) is 5.11. The summed E-state index contributed by atoms with van der Waals surface area (Å²) in [5.74, 6) is 0.691. The highest BCUT2D eigenvalue weighted by Gasteiger charge is 2.27. The van der Waals surface area contributed by atoms with Crippen molar-refractivity contribution in [3.8, 4) is 17.3 Å². The van der Waals surface area contributed by atoms with Gasteiger partial charge in [-0.05, 0) is 42.7 Å². The van der Waals surface area contributed by atoms with E-state index < -0.39 is 0 Å². The lowest BCUT2D eigenvalue weighted by Gasteiger charge is -2.33. The molecule has 0 bridgehead atoms. The molecule has 0 spiro atoms. The van der Waals surface area contributed by atoms with Crippen LogP contribution < -0.4 is 21.7 Å². The van der Waals surface area contributed by atoms with Crippen molar-refractivity contribution in [3.05, 3.63) is 59.9 Å². The summed E-state index contributed by atoms with van der Waals surface area (Å²) in [6, 6.07) is 12.8. The Labute approximate surface area is 186 Å². The summed E-state index contributed by atoms with van der Waals surface area (Å²) < 4.78 is 0. The molecule has 2 aromatic heterocycles. The molecule has 162 valence electrons. The number of rotatable bonds is 5. The number of amides is 1. The van der Waals surface area contributed by atoms with Crippen molar-refractivity contribution in [3.63, 3.8) is 0 Å². The highest BCUT2D eigenvalue weighted by Crippen LogP contribution is 2.28. The number of carbonyl (C=O) groups excluding carboxylic acids is 1. The number of nitrogen functional groups attached to an aromatic ring is 2. The Morgan fingerprint density at radius 3 is 2.75 bits per heavy atom. The van der Waals surface area contributed by atoms with Gasteiger partial charge in [0.25, 0.3) is 0 Å². The predicted molar refractivity (Wildman–Crippen MR) is 122 cm³/mol. The van der Waals surface area contributed by atoms with E-state index in [0.717, 1.165) is 30.5 Å². The molecule has 1 atom stereocenters. The smallest absolute Gasteiger partial charge is 0.225 e. The molecule has 1 saturated heterocycles. The predicted octanol–water partition coefficient (Wildman–Crippen LogP) is 2.11. The Bertz CT molecular complexity index is 1160. The number of piperidine rings is 1. The maximum absolute atomic E-state index is 12.8. The van der Waals surface area contributed by atoms with Gasteiger partial charge in [-0.25, -0.2) is 4.98 Å². The van der Waals surface area contributed by atoms with Crippen molar-refractivity contribution in [1.29, 1.82) is 5.26 Å². The van der Waals surface area contributed by atoms with Crippen LogP contribution in [0.4, 0.5) is 17.5 Å². The Balaban J connectivity index is 1.49. The van der Waals surface area contributed by atoms with Crippen LogP contribution in [0.2, 0.25) is 0 Å². The molecule has 1 amide bonds. The topological polar surface area (TPSA) is 147 Å². The van der Waals surface area contributed by atoms with Gasteiger partial charge >= 0.3 is 0 Å². The highest BCUT2D eigenvalue weighted by molar-refractivity contribution is 5.79. The van der Waals surface area contributed by atoms with Gasteiger partial charge in [0.1, 0.15) is 11.9 Å². The van der Waals surface area contributed by atoms with Gasteiger partial charge in [-0.3, -0.25) is 9.78 Å². The number of anilines is 3. The molecule has 9 nitrogen and oxygen atoms in total. The molecule has 1 aliphatic rings. The van der Waals surface area contributed by atoms with Crippen molar-refractivity contribution < 1.29 is 4.79 Å². The van der Waals surface area contributed by atoms with Crippen molar-refractivity contribution in [2.24, 2.45) is 5.92 Å². The molecule has 3 heterocycles. The quantitative estimate of drug-likeness (QED) is 0.524. The van der Waals surface area contributed by atoms with E-state index in [1.807, 2.05) is 18.2 Å². The van der Waals surface area contributed by atoms with Crippen LogP contribution in [0, 0.1) is 17.2 Å². The first-order valence-corrected chi connectivity index (χ1v) is 10.4. The van der Waals surface area contributed by atoms with Crippen LogP contribution in [0.3, 0.4) is 0 Å². The molecule has 9 heteroatoms. The Morgan fingerprint density at radius 1 is 1.19 bits per heavy atom. The van der Waals surface area contributed by atoms with Crippen LogP contribution in [0.15, 0.2) is 48.8 Å². The number of nitrogens with two attached hydrogens (primary N) is 2. The van der Waals surface area contributed by atoms with Gasteiger partial charge in [0.05, 0.1) is 22.9 Å². The van der Waals surface area contributed by atoms with Crippen LogP contribution in [0.1, 0.15) is 24.0 Å². The molecule has 0 unspecified atom stereocenters. The third-order valence-electron chi connectivity index (χ3n) is 5.53. The number of benzene rings is 1. The zero-order valence-corrected chi connectivity index (χ0v) is 17.5. The monoisotopic (exact) mass is 428 g/mol. The van der Waals surface area contributed by atoms with E-state index in [2.05, 4.69) is 31.2 Å². The first-order chi connectivity index (χ1) is 15.5. The summed E-state index contributed by atoms with van der Waals surface area (Å²) in [6.45, 7) is 1.80. The van der Waals surface area contributed by atoms with Gasteiger partial charge in [-0.1, -0.05) is 6.07 Å². The molecule has 5 N–H and O–H groups in total. The lowest BCUT2D eigenvalue weighted by Crippen LogP contribution is -2.43. The minimum atomic E-state index is -0.143. The summed E-state index contributed by atoms with van der Waals surface area (Å²) in [5.41, 5.74) is 15.1. The molecule has 4 rings (SSSR count). The summed E-state index contributed by atoms with van der Waals surface area (Å²) in [5, 5.41) is 12.1. The number of hydrogen-bond acceptors (Lipinski definition) is 8. The number of nitriles is 1. The molecular formula is C23H24N8O. The largest absolute Gasteiger partial charge is 0.398 e. The summed E-state index contributed by atoms with van der Waals surface area (Å²) >= 11 is 0. The molecule has 32 heavy (non-hydrogen) atoms. The van der Waals surface area contributed by atoms with Gasteiger partial charge in [0.2, 0.25) is 11.9 Å². The number of nitrogens with one attached hydrogen (secondary N) is 1. The van der Waals surface area contributed by atoms with Crippen LogP contribution in [0.25, 0.3) is 11.3 Å². The molecule has 1 aliphatic heterocycles. The number of hydrogen-bond donors (Lipinski definition) is 3. The fourth-order valence-electron chi connectivity index (χ4n) is 3.82. The molecule has 1 aromatic carbocycles. The van der Waals surface area contributed by atoms with E-state index in [1.165, 1.54) is 0 Å². The minimum Gasteiger partial charge on any atom is -0.398 e. The second-order valence-electron chi connectivity index (χ2n) is 7.74. The SMILES string of the molecule is N#Cc1ccc(-c2cc(N3CCC[C@H](C(=O)NCc4ccncc4)C3)nc(N)n2)cc1N. The van der Waals surface area contributed by atoms with Crippen LogP contribution in [-0.2, 0) is 11.3 Å². The average Bonchev–Trinajstić information content (AvgIpc) is 2.83. The van der Waals surface area contributed by atoms with E-state index in [1.54, 1.807) is 30.6 Å². The van der Waals surface area contributed by atoms with E-state index in [-0.39, 0.29) is 17.8 Å².